The molecule has 0 saturated carbocycles. The van der Waals surface area contributed by atoms with E-state index in [0.29, 0.717) is 6.61 Å². The number of halogens is 1. The van der Waals surface area contributed by atoms with Crippen molar-refractivity contribution in [2.75, 3.05) is 6.61 Å². The minimum absolute atomic E-state index is 0.624. The van der Waals surface area contributed by atoms with E-state index in [2.05, 4.69) is 30.9 Å². The van der Waals surface area contributed by atoms with Gasteiger partial charge in [0.25, 0.3) is 0 Å². The first kappa shape index (κ1) is 11.0. The van der Waals surface area contributed by atoms with Gasteiger partial charge in [0.1, 0.15) is 16.7 Å². The molecule has 0 saturated heterocycles. The van der Waals surface area contributed by atoms with Crippen molar-refractivity contribution in [2.24, 2.45) is 0 Å². The molecule has 2 aromatic heterocycles. The number of pyridine rings is 1. The largest absolute Gasteiger partial charge is 0.492 e. The molecule has 0 radical (unpaired) electrons. The van der Waals surface area contributed by atoms with E-state index in [-0.39, 0.29) is 0 Å². The highest BCUT2D eigenvalue weighted by molar-refractivity contribution is 9.10. The Morgan fingerprint density at radius 1 is 1.25 bits per heavy atom. The van der Waals surface area contributed by atoms with Crippen molar-refractivity contribution in [3.05, 3.63) is 35.5 Å². The zero-order valence-corrected chi connectivity index (χ0v) is 10.3. The van der Waals surface area contributed by atoms with E-state index < -0.39 is 0 Å². The molecule has 0 aliphatic carbocycles. The van der Waals surface area contributed by atoms with Crippen LogP contribution in [0.4, 0.5) is 0 Å². The Labute approximate surface area is 102 Å². The SMILES string of the molecule is CCOc1cncc(-c2cc(Br)ncn2)c1. The average molecular weight is 280 g/mol. The molecular formula is C11H10BrN3O. The molecule has 0 aromatic carbocycles. The number of nitrogens with zero attached hydrogens (tertiary/aromatic N) is 3. The lowest BCUT2D eigenvalue weighted by Gasteiger charge is -2.04. The molecule has 2 heterocycles. The Balaban J connectivity index is 2.36. The summed E-state index contributed by atoms with van der Waals surface area (Å²) in [6.45, 7) is 2.56. The lowest BCUT2D eigenvalue weighted by molar-refractivity contribution is 0.339. The molecule has 0 amide bonds. The van der Waals surface area contributed by atoms with Crippen LogP contribution in [-0.4, -0.2) is 21.6 Å². The van der Waals surface area contributed by atoms with E-state index >= 15 is 0 Å². The van der Waals surface area contributed by atoms with Gasteiger partial charge in [0.15, 0.2) is 0 Å². The monoisotopic (exact) mass is 279 g/mol. The van der Waals surface area contributed by atoms with E-state index in [1.165, 1.54) is 6.33 Å². The predicted octanol–water partition coefficient (Wildman–Crippen LogP) is 2.70. The van der Waals surface area contributed by atoms with E-state index in [9.17, 15) is 0 Å². The molecule has 0 aliphatic rings. The maximum atomic E-state index is 5.38. The molecule has 2 rings (SSSR count). The molecule has 0 bridgehead atoms. The Kier molecular flexibility index (Phi) is 3.46. The van der Waals surface area contributed by atoms with Crippen molar-refractivity contribution in [3.63, 3.8) is 0 Å². The molecular weight excluding hydrogens is 270 g/mol. The van der Waals surface area contributed by atoms with Gasteiger partial charge in [-0.05, 0) is 35.0 Å². The van der Waals surface area contributed by atoms with E-state index in [0.717, 1.165) is 21.6 Å². The summed E-state index contributed by atoms with van der Waals surface area (Å²) in [6.07, 6.45) is 4.94. The van der Waals surface area contributed by atoms with Gasteiger partial charge in [0.05, 0.1) is 18.5 Å². The average Bonchev–Trinajstić information content (AvgIpc) is 2.30. The normalized spacial score (nSPS) is 10.1. The zero-order valence-electron chi connectivity index (χ0n) is 8.72. The van der Waals surface area contributed by atoms with Crippen molar-refractivity contribution in [1.29, 1.82) is 0 Å². The summed E-state index contributed by atoms with van der Waals surface area (Å²) >= 11 is 3.31. The van der Waals surface area contributed by atoms with Crippen LogP contribution in [0.15, 0.2) is 35.5 Å². The van der Waals surface area contributed by atoms with Gasteiger partial charge in [-0.25, -0.2) is 9.97 Å². The lowest BCUT2D eigenvalue weighted by atomic mass is 10.2. The smallest absolute Gasteiger partial charge is 0.138 e. The summed E-state index contributed by atoms with van der Waals surface area (Å²) < 4.78 is 6.13. The molecule has 0 unspecified atom stereocenters. The van der Waals surface area contributed by atoms with Crippen LogP contribution in [0, 0.1) is 0 Å². The molecule has 5 heteroatoms. The van der Waals surface area contributed by atoms with Gasteiger partial charge in [-0.15, -0.1) is 0 Å². The highest BCUT2D eigenvalue weighted by atomic mass is 79.9. The van der Waals surface area contributed by atoms with Crippen molar-refractivity contribution in [2.45, 2.75) is 6.92 Å². The molecule has 16 heavy (non-hydrogen) atoms. The minimum Gasteiger partial charge on any atom is -0.492 e. The van der Waals surface area contributed by atoms with Crippen LogP contribution in [0.1, 0.15) is 6.92 Å². The second kappa shape index (κ2) is 5.03. The van der Waals surface area contributed by atoms with Gasteiger partial charge in [-0.1, -0.05) is 0 Å². The first-order valence-electron chi connectivity index (χ1n) is 4.85. The maximum absolute atomic E-state index is 5.38. The molecule has 4 nitrogen and oxygen atoms in total. The Morgan fingerprint density at radius 3 is 2.88 bits per heavy atom. The fourth-order valence-corrected chi connectivity index (χ4v) is 1.60. The Morgan fingerprint density at radius 2 is 2.12 bits per heavy atom. The fourth-order valence-electron chi connectivity index (χ4n) is 1.30. The molecule has 0 N–H and O–H groups in total. The van der Waals surface area contributed by atoms with Gasteiger partial charge >= 0.3 is 0 Å². The first-order valence-corrected chi connectivity index (χ1v) is 5.64. The summed E-state index contributed by atoms with van der Waals surface area (Å²) in [7, 11) is 0. The van der Waals surface area contributed by atoms with Gasteiger partial charge in [0.2, 0.25) is 0 Å². The maximum Gasteiger partial charge on any atom is 0.138 e. The Bertz CT molecular complexity index is 490. The number of ether oxygens (including phenoxy) is 1. The quantitative estimate of drug-likeness (QED) is 0.811. The van der Waals surface area contributed by atoms with Gasteiger partial charge in [-0.3, -0.25) is 4.98 Å². The second-order valence-electron chi connectivity index (χ2n) is 3.07. The summed E-state index contributed by atoms with van der Waals surface area (Å²) in [5, 5.41) is 0. The molecule has 82 valence electrons. The minimum atomic E-state index is 0.624. The second-order valence-corrected chi connectivity index (χ2v) is 3.88. The van der Waals surface area contributed by atoms with Crippen molar-refractivity contribution < 1.29 is 4.74 Å². The third-order valence-corrected chi connectivity index (χ3v) is 2.39. The highest BCUT2D eigenvalue weighted by Gasteiger charge is 2.02. The van der Waals surface area contributed by atoms with Crippen molar-refractivity contribution in [3.8, 4) is 17.0 Å². The van der Waals surface area contributed by atoms with Gasteiger partial charge in [0, 0.05) is 11.8 Å². The Hall–Kier alpha value is -1.49. The highest BCUT2D eigenvalue weighted by Crippen LogP contribution is 2.22. The molecule has 0 spiro atoms. The molecule has 2 aromatic rings. The van der Waals surface area contributed by atoms with Crippen LogP contribution >= 0.6 is 15.9 Å². The number of hydrogen-bond acceptors (Lipinski definition) is 4. The van der Waals surface area contributed by atoms with Gasteiger partial charge < -0.3 is 4.74 Å². The third-order valence-electron chi connectivity index (χ3n) is 1.95. The van der Waals surface area contributed by atoms with Crippen molar-refractivity contribution >= 4 is 15.9 Å². The predicted molar refractivity (Wildman–Crippen MR) is 64.1 cm³/mol. The fraction of sp³-hybridized carbons (Fsp3) is 0.182. The lowest BCUT2D eigenvalue weighted by Crippen LogP contribution is -1.93. The molecule has 0 fully saturated rings. The topological polar surface area (TPSA) is 47.9 Å². The van der Waals surface area contributed by atoms with E-state index in [1.807, 2.05) is 19.1 Å². The molecule has 0 aliphatic heterocycles. The van der Waals surface area contributed by atoms with Crippen molar-refractivity contribution in [1.82, 2.24) is 15.0 Å². The van der Waals surface area contributed by atoms with Crippen LogP contribution in [0.2, 0.25) is 0 Å². The van der Waals surface area contributed by atoms with Crippen LogP contribution in [-0.2, 0) is 0 Å². The number of aromatic nitrogens is 3. The van der Waals surface area contributed by atoms with Crippen LogP contribution in [0.3, 0.4) is 0 Å². The standard InChI is InChI=1S/C11H10BrN3O/c1-2-16-9-3-8(5-13-6-9)10-4-11(12)15-7-14-10/h3-7H,2H2,1H3. The zero-order chi connectivity index (χ0) is 11.4. The number of hydrogen-bond donors (Lipinski definition) is 0. The van der Waals surface area contributed by atoms with Gasteiger partial charge in [-0.2, -0.15) is 0 Å². The first-order chi connectivity index (χ1) is 7.79. The third kappa shape index (κ3) is 2.55. The van der Waals surface area contributed by atoms with E-state index in [4.69, 9.17) is 4.74 Å². The molecule has 0 atom stereocenters. The summed E-state index contributed by atoms with van der Waals surface area (Å²) in [4.78, 5) is 12.3. The van der Waals surface area contributed by atoms with Crippen LogP contribution < -0.4 is 4.74 Å². The summed E-state index contributed by atoms with van der Waals surface area (Å²) in [5.41, 5.74) is 1.73. The van der Waals surface area contributed by atoms with Crippen LogP contribution in [0.25, 0.3) is 11.3 Å². The number of rotatable bonds is 3. The summed E-state index contributed by atoms with van der Waals surface area (Å²) in [6, 6.07) is 3.75. The van der Waals surface area contributed by atoms with E-state index in [1.54, 1.807) is 12.4 Å². The van der Waals surface area contributed by atoms with Crippen LogP contribution in [0.5, 0.6) is 5.75 Å². The summed E-state index contributed by atoms with van der Waals surface area (Å²) in [5.74, 6) is 0.745.